The lowest BCUT2D eigenvalue weighted by atomic mass is 10.2. The highest BCUT2D eigenvalue weighted by Gasteiger charge is 2.20. The molecule has 3 aromatic rings. The van der Waals surface area contributed by atoms with E-state index in [1.165, 1.54) is 18.0 Å². The van der Waals surface area contributed by atoms with Gasteiger partial charge in [0.1, 0.15) is 5.03 Å². The van der Waals surface area contributed by atoms with Gasteiger partial charge in [0.2, 0.25) is 0 Å². The van der Waals surface area contributed by atoms with Crippen molar-refractivity contribution in [1.29, 1.82) is 0 Å². The van der Waals surface area contributed by atoms with Crippen LogP contribution in [0.15, 0.2) is 56.6 Å². The first-order valence-corrected chi connectivity index (χ1v) is 9.84. The molecule has 0 aliphatic heterocycles. The first kappa shape index (κ1) is 19.1. The maximum atomic E-state index is 12.6. The molecule has 0 bridgehead atoms. The van der Waals surface area contributed by atoms with E-state index in [2.05, 4.69) is 36.7 Å². The summed E-state index contributed by atoms with van der Waals surface area (Å²) in [6.45, 7) is 1.71. The first-order chi connectivity index (χ1) is 13.0. The first-order valence-electron chi connectivity index (χ1n) is 7.83. The van der Waals surface area contributed by atoms with Crippen LogP contribution in [0.4, 0.5) is 0 Å². The summed E-state index contributed by atoms with van der Waals surface area (Å²) in [7, 11) is 0. The molecule has 9 heteroatoms. The van der Waals surface area contributed by atoms with Crippen LogP contribution in [0.5, 0.6) is 0 Å². The van der Waals surface area contributed by atoms with E-state index in [0.717, 1.165) is 0 Å². The van der Waals surface area contributed by atoms with Gasteiger partial charge in [-0.25, -0.2) is 9.97 Å². The largest absolute Gasteiger partial charge is 0.461 e. The molecule has 0 radical (unpaired) electrons. The predicted molar refractivity (Wildman–Crippen MR) is 105 cm³/mol. The Morgan fingerprint density at radius 1 is 1.07 bits per heavy atom. The van der Waals surface area contributed by atoms with Gasteiger partial charge in [-0.15, -0.1) is 11.8 Å². The standard InChI is InChI=1S/C18H15BrN4O3S/c1-10-14(18(27-2)21-15(20-10)13-8-5-9-26-13)17(25)23-22-16(24)11-6-3-4-7-12(11)19/h3-9H,1-2H3,(H,22,24)(H,23,25). The van der Waals surface area contributed by atoms with Crippen LogP contribution in [0.3, 0.4) is 0 Å². The predicted octanol–water partition coefficient (Wildman–Crippen LogP) is 3.60. The maximum absolute atomic E-state index is 12.6. The van der Waals surface area contributed by atoms with Gasteiger partial charge in [-0.2, -0.15) is 0 Å². The number of rotatable bonds is 4. The zero-order valence-electron chi connectivity index (χ0n) is 14.4. The lowest BCUT2D eigenvalue weighted by Crippen LogP contribution is -2.42. The number of hydrogen-bond acceptors (Lipinski definition) is 6. The fourth-order valence-corrected chi connectivity index (χ4v) is 3.45. The number of carbonyl (C=O) groups excluding carboxylic acids is 2. The Labute approximate surface area is 168 Å². The second-order valence-corrected chi connectivity index (χ2v) is 7.03. The quantitative estimate of drug-likeness (QED) is 0.361. The number of halogens is 1. The van der Waals surface area contributed by atoms with Crippen LogP contribution in [0.25, 0.3) is 11.6 Å². The molecule has 2 N–H and O–H groups in total. The Morgan fingerprint density at radius 3 is 2.48 bits per heavy atom. The number of hydrogen-bond donors (Lipinski definition) is 2. The third-order valence-corrected chi connectivity index (χ3v) is 5.00. The summed E-state index contributed by atoms with van der Waals surface area (Å²) in [6, 6.07) is 10.4. The fourth-order valence-electron chi connectivity index (χ4n) is 2.36. The van der Waals surface area contributed by atoms with E-state index in [4.69, 9.17) is 4.42 Å². The Kier molecular flexibility index (Phi) is 5.92. The van der Waals surface area contributed by atoms with Crippen molar-refractivity contribution in [1.82, 2.24) is 20.8 Å². The number of thioether (sulfide) groups is 1. The SMILES string of the molecule is CSc1nc(-c2ccco2)nc(C)c1C(=O)NNC(=O)c1ccccc1Br. The zero-order chi connectivity index (χ0) is 19.4. The monoisotopic (exact) mass is 446 g/mol. The molecular weight excluding hydrogens is 432 g/mol. The highest BCUT2D eigenvalue weighted by atomic mass is 79.9. The van der Waals surface area contributed by atoms with E-state index < -0.39 is 11.8 Å². The number of nitrogens with one attached hydrogen (secondary N) is 2. The van der Waals surface area contributed by atoms with Gasteiger partial charge in [0.15, 0.2) is 11.6 Å². The lowest BCUT2D eigenvalue weighted by Gasteiger charge is -2.12. The van der Waals surface area contributed by atoms with Gasteiger partial charge in [-0.1, -0.05) is 12.1 Å². The minimum absolute atomic E-state index is 0.297. The molecule has 1 aromatic carbocycles. The van der Waals surface area contributed by atoms with Crippen LogP contribution in [-0.2, 0) is 0 Å². The number of aromatic nitrogens is 2. The molecule has 27 heavy (non-hydrogen) atoms. The smallest absolute Gasteiger partial charge is 0.274 e. The molecular formula is C18H15BrN4O3S. The van der Waals surface area contributed by atoms with E-state index in [1.54, 1.807) is 43.3 Å². The van der Waals surface area contributed by atoms with Crippen molar-refractivity contribution in [3.05, 3.63) is 64.0 Å². The van der Waals surface area contributed by atoms with Crippen molar-refractivity contribution in [3.8, 4) is 11.6 Å². The molecule has 0 saturated carbocycles. The zero-order valence-corrected chi connectivity index (χ0v) is 16.8. The summed E-state index contributed by atoms with van der Waals surface area (Å²) >= 11 is 4.61. The summed E-state index contributed by atoms with van der Waals surface area (Å²) in [5.41, 5.74) is 6.01. The Morgan fingerprint density at radius 2 is 1.81 bits per heavy atom. The second-order valence-electron chi connectivity index (χ2n) is 5.38. The molecule has 0 unspecified atom stereocenters. The molecule has 0 spiro atoms. The lowest BCUT2D eigenvalue weighted by molar-refractivity contribution is 0.0843. The number of benzene rings is 1. The van der Waals surface area contributed by atoms with Crippen molar-refractivity contribution in [2.45, 2.75) is 11.9 Å². The van der Waals surface area contributed by atoms with Gasteiger partial charge in [-0.3, -0.25) is 20.4 Å². The van der Waals surface area contributed by atoms with Gasteiger partial charge in [-0.05, 0) is 53.4 Å². The maximum Gasteiger partial charge on any atom is 0.274 e. The molecule has 2 aromatic heterocycles. The van der Waals surface area contributed by atoms with Gasteiger partial charge in [0, 0.05) is 4.47 Å². The Bertz CT molecular complexity index is 992. The van der Waals surface area contributed by atoms with Crippen LogP contribution >= 0.6 is 27.7 Å². The Hall–Kier alpha value is -2.65. The van der Waals surface area contributed by atoms with Crippen LogP contribution in [0.1, 0.15) is 26.4 Å². The van der Waals surface area contributed by atoms with Crippen LogP contribution in [0, 0.1) is 6.92 Å². The van der Waals surface area contributed by atoms with Gasteiger partial charge in [0.05, 0.1) is 23.1 Å². The number of hydrazine groups is 1. The summed E-state index contributed by atoms with van der Waals surface area (Å²) < 4.78 is 5.95. The molecule has 0 fully saturated rings. The van der Waals surface area contributed by atoms with Gasteiger partial charge in [0.25, 0.3) is 11.8 Å². The van der Waals surface area contributed by atoms with E-state index in [-0.39, 0.29) is 0 Å². The van der Waals surface area contributed by atoms with Crippen LogP contribution in [-0.4, -0.2) is 28.0 Å². The fraction of sp³-hybridized carbons (Fsp3) is 0.111. The van der Waals surface area contributed by atoms with Crippen molar-refractivity contribution in [2.24, 2.45) is 0 Å². The highest BCUT2D eigenvalue weighted by Crippen LogP contribution is 2.25. The number of aryl methyl sites for hydroxylation is 1. The molecule has 2 amide bonds. The second kappa shape index (κ2) is 8.36. The van der Waals surface area contributed by atoms with Crippen molar-refractivity contribution < 1.29 is 14.0 Å². The molecule has 0 aliphatic carbocycles. The minimum atomic E-state index is -0.497. The van der Waals surface area contributed by atoms with Crippen LogP contribution < -0.4 is 10.9 Å². The molecule has 2 heterocycles. The van der Waals surface area contributed by atoms with Crippen molar-refractivity contribution >= 4 is 39.5 Å². The average Bonchev–Trinajstić information content (AvgIpc) is 3.20. The summed E-state index contributed by atoms with van der Waals surface area (Å²) in [5.74, 6) is -0.0196. The summed E-state index contributed by atoms with van der Waals surface area (Å²) in [5, 5.41) is 0.488. The van der Waals surface area contributed by atoms with Gasteiger partial charge < -0.3 is 4.42 Å². The van der Waals surface area contributed by atoms with E-state index in [1.807, 2.05) is 6.26 Å². The summed E-state index contributed by atoms with van der Waals surface area (Å²) in [4.78, 5) is 33.6. The van der Waals surface area contributed by atoms with E-state index in [9.17, 15) is 9.59 Å². The molecule has 138 valence electrons. The number of carbonyl (C=O) groups is 2. The number of furan rings is 1. The highest BCUT2D eigenvalue weighted by molar-refractivity contribution is 9.10. The molecule has 0 aliphatic rings. The third kappa shape index (κ3) is 4.20. The summed E-state index contributed by atoms with van der Waals surface area (Å²) in [6.07, 6.45) is 3.34. The molecule has 0 atom stereocenters. The van der Waals surface area contributed by atoms with Gasteiger partial charge >= 0.3 is 0 Å². The molecule has 3 rings (SSSR count). The van der Waals surface area contributed by atoms with E-state index in [0.29, 0.717) is 37.9 Å². The number of nitrogens with zero attached hydrogens (tertiary/aromatic N) is 2. The van der Waals surface area contributed by atoms with E-state index >= 15 is 0 Å². The molecule has 7 nitrogen and oxygen atoms in total. The number of amides is 2. The van der Waals surface area contributed by atoms with Crippen molar-refractivity contribution in [3.63, 3.8) is 0 Å². The van der Waals surface area contributed by atoms with Crippen molar-refractivity contribution in [2.75, 3.05) is 6.26 Å². The normalized spacial score (nSPS) is 10.5. The van der Waals surface area contributed by atoms with Crippen LogP contribution in [0.2, 0.25) is 0 Å². The minimum Gasteiger partial charge on any atom is -0.461 e. The molecule has 0 saturated heterocycles. The average molecular weight is 447 g/mol. The third-order valence-electron chi connectivity index (χ3n) is 3.63. The topological polar surface area (TPSA) is 97.1 Å². The Balaban J connectivity index is 1.80.